The van der Waals surface area contributed by atoms with Gasteiger partial charge in [0, 0.05) is 20.1 Å². The quantitative estimate of drug-likeness (QED) is 0.893. The number of rotatable bonds is 4. The largest absolute Gasteiger partial charge is 0.380 e. The topological polar surface area (TPSA) is 71.1 Å². The zero-order valence-corrected chi connectivity index (χ0v) is 10.8. The van der Waals surface area contributed by atoms with Crippen molar-refractivity contribution < 1.29 is 18.3 Å². The Bertz CT molecular complexity index is 432. The lowest BCUT2D eigenvalue weighted by molar-refractivity contribution is -0.139. The molecule has 106 valence electrons. The van der Waals surface area contributed by atoms with Gasteiger partial charge in [-0.05, 0) is 6.92 Å². The third-order valence-electron chi connectivity index (χ3n) is 3.13. The van der Waals surface area contributed by atoms with E-state index < -0.39 is 18.3 Å². The number of nitrogens with one attached hydrogen (secondary N) is 1. The van der Waals surface area contributed by atoms with E-state index in [1.807, 2.05) is 0 Å². The summed E-state index contributed by atoms with van der Waals surface area (Å²) in [6.07, 6.45) is 0.859. The Morgan fingerprint density at radius 3 is 2.95 bits per heavy atom. The van der Waals surface area contributed by atoms with Crippen molar-refractivity contribution in [2.24, 2.45) is 0 Å². The Morgan fingerprint density at radius 1 is 1.68 bits per heavy atom. The summed E-state index contributed by atoms with van der Waals surface area (Å²) in [7, 11) is 1.53. The van der Waals surface area contributed by atoms with Gasteiger partial charge >= 0.3 is 0 Å². The molecule has 2 heterocycles. The molecule has 1 aliphatic rings. The van der Waals surface area contributed by atoms with Crippen molar-refractivity contribution in [1.82, 2.24) is 20.1 Å². The van der Waals surface area contributed by atoms with Gasteiger partial charge in [0.2, 0.25) is 5.91 Å². The van der Waals surface area contributed by atoms with E-state index in [-0.39, 0.29) is 18.7 Å². The highest BCUT2D eigenvalue weighted by atomic mass is 19.3. The first kappa shape index (κ1) is 13.9. The number of aromatic nitrogens is 3. The predicted octanol–water partition coefficient (Wildman–Crippen LogP) is 1.14. The number of hydrogen-bond acceptors (Lipinski definition) is 4. The lowest BCUT2D eigenvalue weighted by atomic mass is 10.1. The lowest BCUT2D eigenvalue weighted by Crippen LogP contribution is -2.35. The molecule has 8 heteroatoms. The summed E-state index contributed by atoms with van der Waals surface area (Å²) in [4.78, 5) is 17.3. The predicted molar refractivity (Wildman–Crippen MR) is 61.5 cm³/mol. The molecule has 0 spiro atoms. The van der Waals surface area contributed by atoms with Gasteiger partial charge in [0.1, 0.15) is 12.2 Å². The van der Waals surface area contributed by atoms with Crippen LogP contribution >= 0.6 is 0 Å². The second-order valence-electron chi connectivity index (χ2n) is 4.77. The SMILES string of the molecule is CO[C@@H]1C[C@@H](c2ncn[nH]2)N(C(=O)CC(C)(F)F)C1. The minimum atomic E-state index is -3.02. The van der Waals surface area contributed by atoms with Crippen LogP contribution in [0.25, 0.3) is 0 Å². The van der Waals surface area contributed by atoms with Crippen LogP contribution < -0.4 is 0 Å². The van der Waals surface area contributed by atoms with Crippen molar-refractivity contribution in [2.45, 2.75) is 37.8 Å². The Balaban J connectivity index is 2.14. The standard InChI is InChI=1S/C11H16F2N4O2/c1-11(12,13)4-9(18)17-5-7(19-2)3-8(17)10-14-6-15-16-10/h6-8H,3-5H2,1-2H3,(H,14,15,16)/t7-,8+/m1/s1. The van der Waals surface area contributed by atoms with E-state index in [1.165, 1.54) is 18.3 Å². The summed E-state index contributed by atoms with van der Waals surface area (Å²) in [6.45, 7) is 1.02. The van der Waals surface area contributed by atoms with Crippen LogP contribution in [-0.4, -0.2) is 51.7 Å². The molecule has 1 N–H and O–H groups in total. The van der Waals surface area contributed by atoms with Gasteiger partial charge in [0.25, 0.3) is 5.92 Å². The molecule has 19 heavy (non-hydrogen) atoms. The molecular weight excluding hydrogens is 258 g/mol. The van der Waals surface area contributed by atoms with Gasteiger partial charge in [-0.25, -0.2) is 13.8 Å². The van der Waals surface area contributed by atoms with E-state index in [0.717, 1.165) is 6.92 Å². The third kappa shape index (κ3) is 3.25. The number of hydrogen-bond donors (Lipinski definition) is 1. The molecule has 0 saturated carbocycles. The monoisotopic (exact) mass is 274 g/mol. The van der Waals surface area contributed by atoms with Gasteiger partial charge < -0.3 is 9.64 Å². The molecule has 1 fully saturated rings. The van der Waals surface area contributed by atoms with Gasteiger partial charge in [-0.1, -0.05) is 0 Å². The van der Waals surface area contributed by atoms with Gasteiger partial charge in [-0.2, -0.15) is 5.10 Å². The number of carbonyl (C=O) groups excluding carboxylic acids is 1. The van der Waals surface area contributed by atoms with Crippen molar-refractivity contribution in [3.8, 4) is 0 Å². The number of H-pyrrole nitrogens is 1. The summed E-state index contributed by atoms with van der Waals surface area (Å²) in [5, 5.41) is 6.40. The molecule has 2 rings (SSSR count). The lowest BCUT2D eigenvalue weighted by Gasteiger charge is -2.24. The maximum atomic E-state index is 13.0. The Morgan fingerprint density at radius 2 is 2.42 bits per heavy atom. The molecule has 2 atom stereocenters. The van der Waals surface area contributed by atoms with E-state index in [0.29, 0.717) is 12.2 Å². The van der Waals surface area contributed by atoms with Crippen LogP contribution in [0.15, 0.2) is 6.33 Å². The normalized spacial score (nSPS) is 23.9. The molecule has 1 saturated heterocycles. The first-order valence-electron chi connectivity index (χ1n) is 5.96. The first-order valence-corrected chi connectivity index (χ1v) is 5.96. The zero-order chi connectivity index (χ0) is 14.0. The minimum absolute atomic E-state index is 0.176. The third-order valence-corrected chi connectivity index (χ3v) is 3.13. The fraction of sp³-hybridized carbons (Fsp3) is 0.727. The average Bonchev–Trinajstić information content (AvgIpc) is 2.95. The van der Waals surface area contributed by atoms with Crippen LogP contribution in [0.3, 0.4) is 0 Å². The smallest absolute Gasteiger partial charge is 0.254 e. The van der Waals surface area contributed by atoms with Gasteiger partial charge in [0.05, 0.1) is 18.6 Å². The van der Waals surface area contributed by atoms with Gasteiger partial charge in [0.15, 0.2) is 0 Å². The minimum Gasteiger partial charge on any atom is -0.380 e. The van der Waals surface area contributed by atoms with Crippen molar-refractivity contribution in [3.63, 3.8) is 0 Å². The number of amides is 1. The number of ether oxygens (including phenoxy) is 1. The summed E-state index contributed by atoms with van der Waals surface area (Å²) in [5.41, 5.74) is 0. The average molecular weight is 274 g/mol. The molecule has 1 aliphatic heterocycles. The van der Waals surface area contributed by atoms with Gasteiger partial charge in [-0.3, -0.25) is 9.89 Å². The van der Waals surface area contributed by atoms with Crippen LogP contribution in [0.4, 0.5) is 8.78 Å². The molecule has 6 nitrogen and oxygen atoms in total. The second kappa shape index (κ2) is 5.20. The fourth-order valence-electron chi connectivity index (χ4n) is 2.25. The van der Waals surface area contributed by atoms with Crippen molar-refractivity contribution >= 4 is 5.91 Å². The number of alkyl halides is 2. The maximum Gasteiger partial charge on any atom is 0.254 e. The van der Waals surface area contributed by atoms with Gasteiger partial charge in [-0.15, -0.1) is 0 Å². The molecule has 1 amide bonds. The van der Waals surface area contributed by atoms with E-state index in [1.54, 1.807) is 0 Å². The molecule has 0 unspecified atom stereocenters. The highest BCUT2D eigenvalue weighted by Gasteiger charge is 2.40. The van der Waals surface area contributed by atoms with E-state index >= 15 is 0 Å². The summed E-state index contributed by atoms with van der Waals surface area (Å²) in [6, 6.07) is -0.387. The molecular formula is C11H16F2N4O2. The van der Waals surface area contributed by atoms with Crippen molar-refractivity contribution in [3.05, 3.63) is 12.2 Å². The first-order chi connectivity index (χ1) is 8.90. The Kier molecular flexibility index (Phi) is 3.79. The van der Waals surface area contributed by atoms with Crippen LogP contribution in [-0.2, 0) is 9.53 Å². The van der Waals surface area contributed by atoms with E-state index in [4.69, 9.17) is 4.74 Å². The molecule has 1 aromatic heterocycles. The van der Waals surface area contributed by atoms with Crippen molar-refractivity contribution in [2.75, 3.05) is 13.7 Å². The van der Waals surface area contributed by atoms with E-state index in [2.05, 4.69) is 15.2 Å². The number of aromatic amines is 1. The number of carbonyl (C=O) groups is 1. The van der Waals surface area contributed by atoms with Crippen molar-refractivity contribution in [1.29, 1.82) is 0 Å². The van der Waals surface area contributed by atoms with Crippen LogP contribution in [0.5, 0.6) is 0 Å². The Hall–Kier alpha value is -1.57. The molecule has 0 bridgehead atoms. The number of methoxy groups -OCH3 is 1. The maximum absolute atomic E-state index is 13.0. The molecule has 0 aliphatic carbocycles. The highest BCUT2D eigenvalue weighted by molar-refractivity contribution is 5.77. The zero-order valence-electron chi connectivity index (χ0n) is 10.8. The molecule has 1 aromatic rings. The number of nitrogens with zero attached hydrogens (tertiary/aromatic N) is 3. The van der Waals surface area contributed by atoms with Crippen LogP contribution in [0.1, 0.15) is 31.6 Å². The van der Waals surface area contributed by atoms with Crippen LogP contribution in [0, 0.1) is 0 Å². The fourth-order valence-corrected chi connectivity index (χ4v) is 2.25. The highest BCUT2D eigenvalue weighted by Crippen LogP contribution is 2.33. The number of likely N-dealkylation sites (tertiary alicyclic amines) is 1. The Labute approximate surface area is 109 Å². The second-order valence-corrected chi connectivity index (χ2v) is 4.77. The number of halogens is 2. The summed E-state index contributed by atoms with van der Waals surface area (Å²) in [5.74, 6) is -3.13. The summed E-state index contributed by atoms with van der Waals surface area (Å²) < 4.78 is 31.1. The van der Waals surface area contributed by atoms with Crippen LogP contribution in [0.2, 0.25) is 0 Å². The molecule has 0 radical (unpaired) electrons. The molecule has 0 aromatic carbocycles. The van der Waals surface area contributed by atoms with E-state index in [9.17, 15) is 13.6 Å². The summed E-state index contributed by atoms with van der Waals surface area (Å²) >= 11 is 0.